The summed E-state index contributed by atoms with van der Waals surface area (Å²) in [5, 5.41) is 13.3. The summed E-state index contributed by atoms with van der Waals surface area (Å²) in [5.74, 6) is 0. The number of pyridine rings is 1. The van der Waals surface area contributed by atoms with Crippen LogP contribution in [0.5, 0.6) is 0 Å². The summed E-state index contributed by atoms with van der Waals surface area (Å²) in [6.07, 6.45) is 4.67. The number of rotatable bonds is 2. The van der Waals surface area contributed by atoms with Gasteiger partial charge in [-0.25, -0.2) is 4.79 Å². The molecule has 1 aliphatic rings. The molecule has 2 amide bonds. The highest BCUT2D eigenvalue weighted by atomic mass is 16.3. The van der Waals surface area contributed by atoms with Gasteiger partial charge in [-0.3, -0.25) is 4.98 Å². The summed E-state index contributed by atoms with van der Waals surface area (Å²) in [6.45, 7) is 0.723. The van der Waals surface area contributed by atoms with Crippen molar-refractivity contribution in [3.8, 4) is 0 Å². The number of likely N-dealkylation sites (tertiary alicyclic amines) is 1. The van der Waals surface area contributed by atoms with Crippen LogP contribution in [0.3, 0.4) is 0 Å². The summed E-state index contributed by atoms with van der Waals surface area (Å²) < 4.78 is 0. The molecule has 0 radical (unpaired) electrons. The van der Waals surface area contributed by atoms with E-state index in [1.165, 1.54) is 0 Å². The molecule has 1 atom stereocenters. The van der Waals surface area contributed by atoms with E-state index in [9.17, 15) is 9.90 Å². The number of carbonyl (C=O) groups excluding carboxylic acids is 1. The number of benzene rings is 1. The maximum absolute atomic E-state index is 12.4. The quantitative estimate of drug-likeness (QED) is 0.891. The molecular formula is C16H19N3O2. The van der Waals surface area contributed by atoms with Crippen molar-refractivity contribution in [3.63, 3.8) is 0 Å². The molecule has 0 aliphatic carbocycles. The van der Waals surface area contributed by atoms with E-state index in [2.05, 4.69) is 10.3 Å². The van der Waals surface area contributed by atoms with Crippen molar-refractivity contribution in [1.29, 1.82) is 0 Å². The standard InChI is InChI=1S/C16H19N3O2/c20-11-14-5-1-2-9-19(14)16(21)18-13-6-7-15-12(10-13)4-3-8-17-15/h3-4,6-8,10,14,20H,1-2,5,9,11H2,(H,18,21)/t14-/m1/s1. The van der Waals surface area contributed by atoms with Gasteiger partial charge in [0, 0.05) is 23.8 Å². The first kappa shape index (κ1) is 13.8. The number of piperidine rings is 1. The zero-order valence-corrected chi connectivity index (χ0v) is 11.8. The van der Waals surface area contributed by atoms with Gasteiger partial charge in [0.2, 0.25) is 0 Å². The second-order valence-electron chi connectivity index (χ2n) is 5.37. The number of hydrogen-bond donors (Lipinski definition) is 2. The molecule has 3 rings (SSSR count). The Labute approximate surface area is 123 Å². The first-order chi connectivity index (χ1) is 10.3. The number of aliphatic hydroxyl groups excluding tert-OH is 1. The molecule has 2 aromatic rings. The molecule has 0 saturated carbocycles. The minimum absolute atomic E-state index is 0.0229. The van der Waals surface area contributed by atoms with Crippen molar-refractivity contribution in [2.75, 3.05) is 18.5 Å². The van der Waals surface area contributed by atoms with Gasteiger partial charge in [0.05, 0.1) is 18.2 Å². The lowest BCUT2D eigenvalue weighted by Crippen LogP contribution is -2.47. The minimum atomic E-state index is -0.142. The second-order valence-corrected chi connectivity index (χ2v) is 5.37. The molecule has 2 N–H and O–H groups in total. The highest BCUT2D eigenvalue weighted by Gasteiger charge is 2.25. The van der Waals surface area contributed by atoms with E-state index >= 15 is 0 Å². The topological polar surface area (TPSA) is 65.5 Å². The third kappa shape index (κ3) is 2.97. The van der Waals surface area contributed by atoms with E-state index in [0.717, 1.165) is 35.9 Å². The smallest absolute Gasteiger partial charge is 0.322 e. The second kappa shape index (κ2) is 6.10. The highest BCUT2D eigenvalue weighted by molar-refractivity contribution is 5.92. The van der Waals surface area contributed by atoms with Crippen LogP contribution in [0.2, 0.25) is 0 Å². The number of urea groups is 1. The number of hydrogen-bond acceptors (Lipinski definition) is 3. The number of aromatic nitrogens is 1. The Kier molecular flexibility index (Phi) is 4.01. The lowest BCUT2D eigenvalue weighted by molar-refractivity contribution is 0.115. The fraction of sp³-hybridized carbons (Fsp3) is 0.375. The molecule has 1 aromatic heterocycles. The molecule has 1 saturated heterocycles. The first-order valence-corrected chi connectivity index (χ1v) is 7.31. The van der Waals surface area contributed by atoms with Gasteiger partial charge in [-0.1, -0.05) is 6.07 Å². The minimum Gasteiger partial charge on any atom is -0.394 e. The maximum atomic E-state index is 12.4. The van der Waals surface area contributed by atoms with Gasteiger partial charge in [-0.05, 0) is 43.5 Å². The predicted octanol–water partition coefficient (Wildman–Crippen LogP) is 2.61. The number of aliphatic hydroxyl groups is 1. The van der Waals surface area contributed by atoms with Gasteiger partial charge in [0.15, 0.2) is 0 Å². The molecule has 5 nitrogen and oxygen atoms in total. The van der Waals surface area contributed by atoms with Gasteiger partial charge in [-0.15, -0.1) is 0 Å². The van der Waals surface area contributed by atoms with Crippen LogP contribution >= 0.6 is 0 Å². The molecule has 21 heavy (non-hydrogen) atoms. The van der Waals surface area contributed by atoms with E-state index < -0.39 is 0 Å². The first-order valence-electron chi connectivity index (χ1n) is 7.31. The SMILES string of the molecule is O=C(Nc1ccc2ncccc2c1)N1CCCC[C@@H]1CO. The maximum Gasteiger partial charge on any atom is 0.322 e. The lowest BCUT2D eigenvalue weighted by atomic mass is 10.0. The van der Waals surface area contributed by atoms with Crippen LogP contribution < -0.4 is 5.32 Å². The van der Waals surface area contributed by atoms with Crippen LogP contribution in [0.4, 0.5) is 10.5 Å². The van der Waals surface area contributed by atoms with Crippen molar-refractivity contribution in [1.82, 2.24) is 9.88 Å². The Morgan fingerprint density at radius 3 is 3.14 bits per heavy atom. The zero-order chi connectivity index (χ0) is 14.7. The van der Waals surface area contributed by atoms with Crippen molar-refractivity contribution in [2.45, 2.75) is 25.3 Å². The van der Waals surface area contributed by atoms with Crippen molar-refractivity contribution in [3.05, 3.63) is 36.5 Å². The van der Waals surface area contributed by atoms with E-state index in [1.54, 1.807) is 11.1 Å². The summed E-state index contributed by atoms with van der Waals surface area (Å²) >= 11 is 0. The van der Waals surface area contributed by atoms with E-state index in [1.807, 2.05) is 30.3 Å². The van der Waals surface area contributed by atoms with Crippen LogP contribution in [-0.4, -0.2) is 40.2 Å². The monoisotopic (exact) mass is 285 g/mol. The molecule has 1 aromatic carbocycles. The number of fused-ring (bicyclic) bond motifs is 1. The predicted molar refractivity (Wildman–Crippen MR) is 82.2 cm³/mol. The largest absolute Gasteiger partial charge is 0.394 e. The normalized spacial score (nSPS) is 18.7. The Morgan fingerprint density at radius 1 is 1.38 bits per heavy atom. The zero-order valence-electron chi connectivity index (χ0n) is 11.8. The van der Waals surface area contributed by atoms with Crippen molar-refractivity contribution in [2.24, 2.45) is 0 Å². The van der Waals surface area contributed by atoms with Crippen LogP contribution in [-0.2, 0) is 0 Å². The van der Waals surface area contributed by atoms with Gasteiger partial charge in [0.25, 0.3) is 0 Å². The molecule has 110 valence electrons. The average Bonchev–Trinajstić information content (AvgIpc) is 2.54. The fourth-order valence-corrected chi connectivity index (χ4v) is 2.81. The van der Waals surface area contributed by atoms with Gasteiger partial charge in [0.1, 0.15) is 0 Å². The number of carbonyl (C=O) groups is 1. The third-order valence-electron chi connectivity index (χ3n) is 3.95. The summed E-state index contributed by atoms with van der Waals surface area (Å²) in [4.78, 5) is 18.4. The van der Waals surface area contributed by atoms with E-state index in [4.69, 9.17) is 0 Å². The number of nitrogens with one attached hydrogen (secondary N) is 1. The Bertz CT molecular complexity index is 644. The highest BCUT2D eigenvalue weighted by Crippen LogP contribution is 2.20. The van der Waals surface area contributed by atoms with Gasteiger partial charge in [-0.2, -0.15) is 0 Å². The van der Waals surface area contributed by atoms with Crippen molar-refractivity contribution >= 4 is 22.6 Å². The van der Waals surface area contributed by atoms with Crippen LogP contribution in [0, 0.1) is 0 Å². The number of nitrogens with zero attached hydrogens (tertiary/aromatic N) is 2. The third-order valence-corrected chi connectivity index (χ3v) is 3.95. The molecular weight excluding hydrogens is 266 g/mol. The van der Waals surface area contributed by atoms with Crippen LogP contribution in [0.25, 0.3) is 10.9 Å². The van der Waals surface area contributed by atoms with Crippen LogP contribution in [0.15, 0.2) is 36.5 Å². The van der Waals surface area contributed by atoms with E-state index in [-0.39, 0.29) is 18.7 Å². The molecule has 5 heteroatoms. The molecule has 2 heterocycles. The Morgan fingerprint density at radius 2 is 2.29 bits per heavy atom. The summed E-state index contributed by atoms with van der Waals surface area (Å²) in [7, 11) is 0. The number of amides is 2. The molecule has 0 spiro atoms. The van der Waals surface area contributed by atoms with Gasteiger partial charge < -0.3 is 15.3 Å². The van der Waals surface area contributed by atoms with E-state index in [0.29, 0.717) is 6.54 Å². The molecule has 1 fully saturated rings. The molecule has 1 aliphatic heterocycles. The van der Waals surface area contributed by atoms with Crippen LogP contribution in [0.1, 0.15) is 19.3 Å². The summed E-state index contributed by atoms with van der Waals surface area (Å²) in [6, 6.07) is 9.29. The molecule has 0 unspecified atom stereocenters. The summed E-state index contributed by atoms with van der Waals surface area (Å²) in [5.41, 5.74) is 1.66. The Hall–Kier alpha value is -2.14. The number of anilines is 1. The fourth-order valence-electron chi connectivity index (χ4n) is 2.81. The Balaban J connectivity index is 1.76. The van der Waals surface area contributed by atoms with Gasteiger partial charge >= 0.3 is 6.03 Å². The lowest BCUT2D eigenvalue weighted by Gasteiger charge is -2.34. The average molecular weight is 285 g/mol. The molecule has 0 bridgehead atoms. The van der Waals surface area contributed by atoms with Crippen molar-refractivity contribution < 1.29 is 9.90 Å².